The molecule has 0 spiro atoms. The number of halogens is 2. The van der Waals surface area contributed by atoms with Crippen LogP contribution in [0.2, 0.25) is 10.0 Å². The van der Waals surface area contributed by atoms with Crippen molar-refractivity contribution in [3.63, 3.8) is 0 Å². The predicted molar refractivity (Wildman–Crippen MR) is 106 cm³/mol. The number of anilines is 3. The topological polar surface area (TPSA) is 38.0 Å². The van der Waals surface area contributed by atoms with Gasteiger partial charge in [0, 0.05) is 32.9 Å². The van der Waals surface area contributed by atoms with Crippen LogP contribution >= 0.6 is 23.2 Å². The molecule has 0 aliphatic carbocycles. The van der Waals surface area contributed by atoms with E-state index in [0.717, 1.165) is 37.9 Å². The SMILES string of the molecule is Nc1ccc2cc(Nc3ccc4c(Cl)cccc4c3)cc(Cl)c2c1. The smallest absolute Gasteiger partial charge is 0.0505 e. The van der Waals surface area contributed by atoms with Crippen molar-refractivity contribution in [2.45, 2.75) is 0 Å². The van der Waals surface area contributed by atoms with Crippen LogP contribution in [0.5, 0.6) is 0 Å². The Labute approximate surface area is 149 Å². The quantitative estimate of drug-likeness (QED) is 0.397. The van der Waals surface area contributed by atoms with Crippen LogP contribution in [0.25, 0.3) is 21.5 Å². The average Bonchev–Trinajstić information content (AvgIpc) is 2.56. The number of benzene rings is 4. The van der Waals surface area contributed by atoms with E-state index >= 15 is 0 Å². The van der Waals surface area contributed by atoms with E-state index in [0.29, 0.717) is 10.7 Å². The van der Waals surface area contributed by atoms with Gasteiger partial charge < -0.3 is 11.1 Å². The molecule has 118 valence electrons. The van der Waals surface area contributed by atoms with Crippen LogP contribution in [0, 0.1) is 0 Å². The van der Waals surface area contributed by atoms with Gasteiger partial charge in [0.1, 0.15) is 0 Å². The highest BCUT2D eigenvalue weighted by molar-refractivity contribution is 6.36. The lowest BCUT2D eigenvalue weighted by Gasteiger charge is -2.11. The Hall–Kier alpha value is -2.42. The molecule has 4 heteroatoms. The van der Waals surface area contributed by atoms with Crippen LogP contribution in [-0.2, 0) is 0 Å². The number of fused-ring (bicyclic) bond motifs is 2. The number of hydrogen-bond acceptors (Lipinski definition) is 2. The lowest BCUT2D eigenvalue weighted by molar-refractivity contribution is 1.59. The molecule has 0 aromatic heterocycles. The Balaban J connectivity index is 1.75. The molecule has 0 saturated carbocycles. The first-order valence-electron chi connectivity index (χ1n) is 7.54. The van der Waals surface area contributed by atoms with Crippen LogP contribution < -0.4 is 11.1 Å². The summed E-state index contributed by atoms with van der Waals surface area (Å²) in [6, 6.07) is 21.7. The minimum absolute atomic E-state index is 0.672. The molecule has 0 amide bonds. The highest BCUT2D eigenvalue weighted by Crippen LogP contribution is 2.32. The predicted octanol–water partition coefficient (Wildman–Crippen LogP) is 6.63. The second-order valence-electron chi connectivity index (χ2n) is 5.74. The molecule has 24 heavy (non-hydrogen) atoms. The number of nitrogen functional groups attached to an aromatic ring is 1. The third-order valence-corrected chi connectivity index (χ3v) is 4.69. The summed E-state index contributed by atoms with van der Waals surface area (Å²) in [4.78, 5) is 0. The molecule has 0 unspecified atom stereocenters. The second-order valence-corrected chi connectivity index (χ2v) is 6.55. The number of rotatable bonds is 2. The van der Waals surface area contributed by atoms with Crippen LogP contribution in [-0.4, -0.2) is 0 Å². The molecule has 0 fully saturated rings. The highest BCUT2D eigenvalue weighted by Gasteiger charge is 2.05. The molecule has 0 saturated heterocycles. The fraction of sp³-hybridized carbons (Fsp3) is 0. The van der Waals surface area contributed by atoms with E-state index < -0.39 is 0 Å². The molecule has 4 aromatic carbocycles. The fourth-order valence-electron chi connectivity index (χ4n) is 2.89. The van der Waals surface area contributed by atoms with E-state index in [-0.39, 0.29) is 0 Å². The summed E-state index contributed by atoms with van der Waals surface area (Å²) >= 11 is 12.6. The first-order chi connectivity index (χ1) is 11.6. The van der Waals surface area contributed by atoms with Gasteiger partial charge in [0.05, 0.1) is 5.02 Å². The molecule has 0 bridgehead atoms. The maximum Gasteiger partial charge on any atom is 0.0505 e. The summed E-state index contributed by atoms with van der Waals surface area (Å²) in [5.41, 5.74) is 8.45. The standard InChI is InChI=1S/C20H14Cl2N2/c21-19-3-1-2-12-8-15(6-7-17(12)19)24-16-9-13-4-5-14(23)10-18(13)20(22)11-16/h1-11,24H,23H2. The van der Waals surface area contributed by atoms with Gasteiger partial charge in [-0.1, -0.05) is 47.5 Å². The maximum atomic E-state index is 6.40. The van der Waals surface area contributed by atoms with Gasteiger partial charge in [-0.2, -0.15) is 0 Å². The Kier molecular flexibility index (Phi) is 3.72. The minimum Gasteiger partial charge on any atom is -0.399 e. The molecule has 0 aliphatic heterocycles. The molecule has 4 aromatic rings. The van der Waals surface area contributed by atoms with E-state index in [4.69, 9.17) is 28.9 Å². The first kappa shape index (κ1) is 15.1. The number of hydrogen-bond donors (Lipinski definition) is 2. The Morgan fingerprint density at radius 1 is 0.667 bits per heavy atom. The monoisotopic (exact) mass is 352 g/mol. The van der Waals surface area contributed by atoms with Crippen molar-refractivity contribution < 1.29 is 0 Å². The minimum atomic E-state index is 0.672. The van der Waals surface area contributed by atoms with E-state index in [1.54, 1.807) is 0 Å². The lowest BCUT2D eigenvalue weighted by atomic mass is 10.1. The zero-order valence-electron chi connectivity index (χ0n) is 12.7. The van der Waals surface area contributed by atoms with Gasteiger partial charge in [-0.3, -0.25) is 0 Å². The molecule has 2 nitrogen and oxygen atoms in total. The molecular formula is C20H14Cl2N2. The van der Waals surface area contributed by atoms with Gasteiger partial charge in [0.15, 0.2) is 0 Å². The van der Waals surface area contributed by atoms with Gasteiger partial charge in [0.25, 0.3) is 0 Å². The largest absolute Gasteiger partial charge is 0.399 e. The summed E-state index contributed by atoms with van der Waals surface area (Å²) in [6.45, 7) is 0. The Bertz CT molecular complexity index is 1070. The summed E-state index contributed by atoms with van der Waals surface area (Å²) < 4.78 is 0. The van der Waals surface area contributed by atoms with E-state index in [1.807, 2.05) is 54.6 Å². The zero-order valence-corrected chi connectivity index (χ0v) is 14.2. The van der Waals surface area contributed by atoms with Crippen molar-refractivity contribution in [2.24, 2.45) is 0 Å². The summed E-state index contributed by atoms with van der Waals surface area (Å²) in [5.74, 6) is 0. The third-order valence-electron chi connectivity index (χ3n) is 4.04. The summed E-state index contributed by atoms with van der Waals surface area (Å²) in [5, 5.41) is 8.96. The van der Waals surface area contributed by atoms with E-state index in [2.05, 4.69) is 17.4 Å². The van der Waals surface area contributed by atoms with Gasteiger partial charge in [-0.25, -0.2) is 0 Å². The summed E-state index contributed by atoms with van der Waals surface area (Å²) in [7, 11) is 0. The lowest BCUT2D eigenvalue weighted by Crippen LogP contribution is -1.92. The van der Waals surface area contributed by atoms with Crippen molar-refractivity contribution in [3.05, 3.63) is 76.8 Å². The van der Waals surface area contributed by atoms with Crippen LogP contribution in [0.15, 0.2) is 66.7 Å². The van der Waals surface area contributed by atoms with Gasteiger partial charge in [-0.05, 0) is 53.2 Å². The maximum absolute atomic E-state index is 6.40. The van der Waals surface area contributed by atoms with Gasteiger partial charge in [0.2, 0.25) is 0 Å². The molecular weight excluding hydrogens is 339 g/mol. The molecule has 0 aliphatic rings. The molecule has 0 atom stereocenters. The van der Waals surface area contributed by atoms with Gasteiger partial charge in [-0.15, -0.1) is 0 Å². The highest BCUT2D eigenvalue weighted by atomic mass is 35.5. The van der Waals surface area contributed by atoms with Crippen LogP contribution in [0.3, 0.4) is 0 Å². The molecule has 3 N–H and O–H groups in total. The summed E-state index contributed by atoms with van der Waals surface area (Å²) in [6.07, 6.45) is 0. The van der Waals surface area contributed by atoms with Crippen LogP contribution in [0.4, 0.5) is 17.1 Å². The molecule has 4 rings (SSSR count). The average molecular weight is 353 g/mol. The Morgan fingerprint density at radius 2 is 1.46 bits per heavy atom. The van der Waals surface area contributed by atoms with E-state index in [9.17, 15) is 0 Å². The number of nitrogens with two attached hydrogens (primary N) is 1. The zero-order chi connectivity index (χ0) is 16.7. The molecule has 0 radical (unpaired) electrons. The third kappa shape index (κ3) is 2.75. The second kappa shape index (κ2) is 5.90. The normalized spacial score (nSPS) is 11.1. The van der Waals surface area contributed by atoms with Crippen molar-refractivity contribution >= 4 is 61.8 Å². The first-order valence-corrected chi connectivity index (χ1v) is 8.30. The Morgan fingerprint density at radius 3 is 2.33 bits per heavy atom. The van der Waals surface area contributed by atoms with Crippen molar-refractivity contribution in [1.29, 1.82) is 0 Å². The fourth-order valence-corrected chi connectivity index (χ4v) is 3.42. The van der Waals surface area contributed by atoms with Crippen molar-refractivity contribution in [3.8, 4) is 0 Å². The van der Waals surface area contributed by atoms with Crippen molar-refractivity contribution in [2.75, 3.05) is 11.1 Å². The van der Waals surface area contributed by atoms with Crippen LogP contribution in [0.1, 0.15) is 0 Å². The van der Waals surface area contributed by atoms with E-state index in [1.165, 1.54) is 0 Å². The number of nitrogens with one attached hydrogen (secondary N) is 1. The van der Waals surface area contributed by atoms with Crippen molar-refractivity contribution in [1.82, 2.24) is 0 Å². The van der Waals surface area contributed by atoms with Gasteiger partial charge >= 0.3 is 0 Å². The molecule has 0 heterocycles.